The van der Waals surface area contributed by atoms with E-state index in [1.54, 1.807) is 0 Å². The van der Waals surface area contributed by atoms with Gasteiger partial charge in [-0.05, 0) is 96.9 Å². The van der Waals surface area contributed by atoms with Crippen LogP contribution in [0.3, 0.4) is 0 Å². The van der Waals surface area contributed by atoms with Crippen LogP contribution in [0.5, 0.6) is 0 Å². The zero-order valence-electron chi connectivity index (χ0n) is 26.7. The van der Waals surface area contributed by atoms with Crippen molar-refractivity contribution in [1.82, 2.24) is 30.7 Å². The van der Waals surface area contributed by atoms with Gasteiger partial charge in [-0.15, -0.1) is 0 Å². The molecule has 0 aromatic carbocycles. The van der Waals surface area contributed by atoms with E-state index in [1.165, 1.54) is 0 Å². The molecule has 3 saturated heterocycles. The summed E-state index contributed by atoms with van der Waals surface area (Å²) in [6, 6.07) is 0.281. The van der Waals surface area contributed by atoms with Gasteiger partial charge in [0.25, 0.3) is 0 Å². The van der Waals surface area contributed by atoms with Crippen molar-refractivity contribution in [1.29, 1.82) is 0 Å². The second kappa shape index (κ2) is 10.4. The second-order valence-corrected chi connectivity index (χ2v) is 15.4. The van der Waals surface area contributed by atoms with Crippen molar-refractivity contribution >= 4 is 17.7 Å². The first kappa shape index (κ1) is 32.5. The van der Waals surface area contributed by atoms with Crippen molar-refractivity contribution in [3.8, 4) is 0 Å². The number of carbonyl (C=O) groups is 3. The first-order valence-electron chi connectivity index (χ1n) is 14.1. The van der Waals surface area contributed by atoms with Crippen molar-refractivity contribution in [3.05, 3.63) is 0 Å². The maximum absolute atomic E-state index is 12.7. The van der Waals surface area contributed by atoms with Crippen LogP contribution in [0.4, 0.5) is 0 Å². The van der Waals surface area contributed by atoms with Crippen LogP contribution in [0.2, 0.25) is 0 Å². The van der Waals surface area contributed by atoms with Gasteiger partial charge in [-0.2, -0.15) is 0 Å². The Morgan fingerprint density at radius 3 is 1.16 bits per heavy atom. The molecular weight excluding hydrogens is 480 g/mol. The van der Waals surface area contributed by atoms with Gasteiger partial charge in [-0.25, -0.2) is 0 Å². The Bertz CT molecular complexity index is 871. The monoisotopic (exact) mass is 536 g/mol. The summed E-state index contributed by atoms with van der Waals surface area (Å²) in [4.78, 5) is 43.2. The van der Waals surface area contributed by atoms with Crippen LogP contribution in [0.1, 0.15) is 96.9 Å². The first-order chi connectivity index (χ1) is 16.8. The summed E-state index contributed by atoms with van der Waals surface area (Å²) in [5.74, 6) is 0.401. The Morgan fingerprint density at radius 2 is 0.842 bits per heavy atom. The highest BCUT2D eigenvalue weighted by molar-refractivity contribution is 5.88. The highest BCUT2D eigenvalue weighted by Gasteiger charge is 2.46. The molecule has 3 aliphatic rings. The molecule has 0 aromatic rings. The van der Waals surface area contributed by atoms with Gasteiger partial charge in [0.15, 0.2) is 0 Å². The number of carbonyl (C=O) groups excluding carboxylic acids is 3. The number of rotatable bonds is 4. The number of hydrogen-bond donors (Lipinski definition) is 3. The Kier molecular flexibility index (Phi) is 8.86. The molecule has 0 bridgehead atoms. The average Bonchev–Trinajstić information content (AvgIpc) is 2.67. The van der Waals surface area contributed by atoms with Gasteiger partial charge < -0.3 is 14.7 Å². The Balaban J connectivity index is 0.000000308. The van der Waals surface area contributed by atoms with Crippen molar-refractivity contribution in [2.24, 2.45) is 0 Å². The summed E-state index contributed by atoms with van der Waals surface area (Å²) in [5, 5.41) is 10.2. The summed E-state index contributed by atoms with van der Waals surface area (Å²) < 4.78 is 0. The fraction of sp³-hybridized carbons (Fsp3) is 0.897. The topological polar surface area (TPSA) is 97.0 Å². The van der Waals surface area contributed by atoms with Gasteiger partial charge in [-0.3, -0.25) is 30.3 Å². The molecule has 38 heavy (non-hydrogen) atoms. The molecule has 0 radical (unpaired) electrons. The van der Waals surface area contributed by atoms with Crippen LogP contribution in [-0.2, 0) is 14.4 Å². The molecular formula is C29H56N6O3. The fourth-order valence-electron chi connectivity index (χ4n) is 6.58. The van der Waals surface area contributed by atoms with E-state index >= 15 is 0 Å². The number of piperazine rings is 3. The number of nitrogens with one attached hydrogen (secondary N) is 3. The number of amides is 3. The number of hydrogen-bond acceptors (Lipinski definition) is 6. The molecule has 3 N–H and O–H groups in total. The third kappa shape index (κ3) is 7.69. The van der Waals surface area contributed by atoms with Gasteiger partial charge >= 0.3 is 0 Å². The summed E-state index contributed by atoms with van der Waals surface area (Å²) in [7, 11) is 0. The van der Waals surface area contributed by atoms with Gasteiger partial charge in [-0.1, -0.05) is 0 Å². The molecule has 3 amide bonds. The first-order valence-corrected chi connectivity index (χ1v) is 14.1. The SMILES string of the molecule is CC(C)N1CC(C)(C)NC(C)(C)C1=O.CC1(C)CN(CCN2CC(C)(C)NC(C)(C)C2=O)C(=O)C(C)(C)N1. The van der Waals surface area contributed by atoms with Crippen molar-refractivity contribution in [2.45, 2.75) is 136 Å². The minimum absolute atomic E-state index is 0.00167. The minimum Gasteiger partial charge on any atom is -0.338 e. The molecule has 3 rings (SSSR count). The van der Waals surface area contributed by atoms with E-state index < -0.39 is 16.6 Å². The van der Waals surface area contributed by atoms with Crippen LogP contribution in [-0.4, -0.2) is 104 Å². The summed E-state index contributed by atoms with van der Waals surface area (Å²) in [5.41, 5.74) is -1.86. The molecule has 0 unspecified atom stereocenters. The predicted molar refractivity (Wildman–Crippen MR) is 154 cm³/mol. The maximum atomic E-state index is 12.7. The van der Waals surface area contributed by atoms with Crippen LogP contribution in [0, 0.1) is 0 Å². The summed E-state index contributed by atoms with van der Waals surface area (Å²) >= 11 is 0. The van der Waals surface area contributed by atoms with Gasteiger partial charge in [0, 0.05) is 55.4 Å². The maximum Gasteiger partial charge on any atom is 0.242 e. The molecule has 220 valence electrons. The quantitative estimate of drug-likeness (QED) is 0.511. The third-order valence-corrected chi connectivity index (χ3v) is 7.39. The highest BCUT2D eigenvalue weighted by Crippen LogP contribution is 2.25. The van der Waals surface area contributed by atoms with E-state index in [0.29, 0.717) is 26.2 Å². The molecule has 3 heterocycles. The van der Waals surface area contributed by atoms with E-state index in [9.17, 15) is 14.4 Å². The molecule has 9 heteroatoms. The Morgan fingerprint density at radius 1 is 0.553 bits per heavy atom. The molecule has 0 aliphatic carbocycles. The van der Waals surface area contributed by atoms with Gasteiger partial charge in [0.1, 0.15) is 0 Å². The molecule has 0 atom stereocenters. The Labute approximate surface area is 231 Å². The molecule has 9 nitrogen and oxygen atoms in total. The highest BCUT2D eigenvalue weighted by atomic mass is 16.2. The van der Waals surface area contributed by atoms with Crippen molar-refractivity contribution in [2.75, 3.05) is 32.7 Å². The second-order valence-electron chi connectivity index (χ2n) is 15.4. The molecule has 3 aliphatic heterocycles. The van der Waals surface area contributed by atoms with Gasteiger partial charge in [0.2, 0.25) is 17.7 Å². The fourth-order valence-corrected chi connectivity index (χ4v) is 6.58. The van der Waals surface area contributed by atoms with E-state index in [1.807, 2.05) is 56.2 Å². The third-order valence-electron chi connectivity index (χ3n) is 7.39. The van der Waals surface area contributed by atoms with Crippen LogP contribution in [0.15, 0.2) is 0 Å². The molecule has 3 fully saturated rings. The minimum atomic E-state index is -0.576. The van der Waals surface area contributed by atoms with Crippen LogP contribution in [0.25, 0.3) is 0 Å². The normalized spacial score (nSPS) is 27.2. The molecule has 0 spiro atoms. The lowest BCUT2D eigenvalue weighted by Gasteiger charge is -2.50. The summed E-state index contributed by atoms with van der Waals surface area (Å²) in [6.07, 6.45) is 0. The lowest BCUT2D eigenvalue weighted by molar-refractivity contribution is -0.148. The smallest absolute Gasteiger partial charge is 0.242 e. The van der Waals surface area contributed by atoms with Crippen molar-refractivity contribution < 1.29 is 14.4 Å². The zero-order valence-corrected chi connectivity index (χ0v) is 26.7. The van der Waals surface area contributed by atoms with E-state index in [4.69, 9.17) is 0 Å². The molecule has 0 saturated carbocycles. The standard InChI is InChI=1S/C18H34N4O2.C11H22N2O/c1-15(2)11-21(13(23)17(5,6)19-15)9-10-22-12-16(3,4)20-18(7,8)14(22)24;1-8(2)13-7-10(3,4)12-11(5,6)9(13)14/h19-20H,9-12H2,1-8H3;8,12H,7H2,1-6H3. The lowest BCUT2D eigenvalue weighted by atomic mass is 9.89. The largest absolute Gasteiger partial charge is 0.338 e. The average molecular weight is 537 g/mol. The van der Waals surface area contributed by atoms with Crippen LogP contribution >= 0.6 is 0 Å². The predicted octanol–water partition coefficient (Wildman–Crippen LogP) is 2.35. The summed E-state index contributed by atoms with van der Waals surface area (Å²) in [6.45, 7) is 31.7. The molecule has 0 aromatic heterocycles. The lowest BCUT2D eigenvalue weighted by Crippen LogP contribution is -2.72. The van der Waals surface area contributed by atoms with E-state index in [0.717, 1.165) is 6.54 Å². The van der Waals surface area contributed by atoms with E-state index in [2.05, 4.69) is 71.3 Å². The Hall–Kier alpha value is -1.71. The van der Waals surface area contributed by atoms with E-state index in [-0.39, 0.29) is 40.4 Å². The zero-order chi connectivity index (χ0) is 29.7. The van der Waals surface area contributed by atoms with Crippen LogP contribution < -0.4 is 16.0 Å². The van der Waals surface area contributed by atoms with Gasteiger partial charge in [0.05, 0.1) is 16.6 Å². The van der Waals surface area contributed by atoms with Crippen molar-refractivity contribution in [3.63, 3.8) is 0 Å². The number of nitrogens with zero attached hydrogens (tertiary/aromatic N) is 3.